The van der Waals surface area contributed by atoms with Gasteiger partial charge in [-0.15, -0.1) is 11.8 Å². The molecule has 0 unspecified atom stereocenters. The highest BCUT2D eigenvalue weighted by Crippen LogP contribution is 2.27. The van der Waals surface area contributed by atoms with Crippen molar-refractivity contribution in [3.63, 3.8) is 0 Å². The van der Waals surface area contributed by atoms with Gasteiger partial charge in [0.15, 0.2) is 5.82 Å². The molecule has 0 aliphatic heterocycles. The molecule has 0 radical (unpaired) electrons. The van der Waals surface area contributed by atoms with Gasteiger partial charge in [0, 0.05) is 23.7 Å². The topological polar surface area (TPSA) is 66.0 Å². The number of pyridine rings is 1. The molecule has 3 aromatic rings. The largest absolute Gasteiger partial charge is 0.382 e. The molecule has 0 fully saturated rings. The Morgan fingerprint density at radius 1 is 1.07 bits per heavy atom. The SMILES string of the molecule is CCOCc1nc2c(N)nc(C)c(C)c2n1CCCCCSc1ccccc1. The summed E-state index contributed by atoms with van der Waals surface area (Å²) < 4.78 is 7.93. The van der Waals surface area contributed by atoms with Crippen LogP contribution in [0.5, 0.6) is 0 Å². The van der Waals surface area contributed by atoms with Gasteiger partial charge in [-0.1, -0.05) is 24.6 Å². The van der Waals surface area contributed by atoms with Crippen molar-refractivity contribution < 1.29 is 4.74 Å². The van der Waals surface area contributed by atoms with Gasteiger partial charge in [-0.3, -0.25) is 0 Å². The molecule has 2 aromatic heterocycles. The second-order valence-corrected chi connectivity index (χ2v) is 8.11. The van der Waals surface area contributed by atoms with E-state index < -0.39 is 0 Å². The summed E-state index contributed by atoms with van der Waals surface area (Å²) in [6.45, 7) is 8.22. The minimum Gasteiger partial charge on any atom is -0.382 e. The molecule has 0 atom stereocenters. The zero-order chi connectivity index (χ0) is 19.9. The van der Waals surface area contributed by atoms with Crippen LogP contribution < -0.4 is 5.73 Å². The third-order valence-electron chi connectivity index (χ3n) is 4.95. The average Bonchev–Trinajstić information content (AvgIpc) is 3.07. The Kier molecular flexibility index (Phi) is 7.34. The van der Waals surface area contributed by atoms with Crippen LogP contribution in [0.3, 0.4) is 0 Å². The van der Waals surface area contributed by atoms with Crippen molar-refractivity contribution in [3.8, 4) is 0 Å². The second kappa shape index (κ2) is 9.94. The van der Waals surface area contributed by atoms with Crippen molar-refractivity contribution in [2.75, 3.05) is 18.1 Å². The predicted molar refractivity (Wildman–Crippen MR) is 118 cm³/mol. The standard InChI is InChI=1S/C22H30N4OS/c1-4-27-15-19-25-20-21(16(2)17(3)24-22(20)23)26(19)13-9-6-10-14-28-18-11-7-5-8-12-18/h5,7-8,11-12H,4,6,9-10,13-15H2,1-3H3,(H2,23,24). The van der Waals surface area contributed by atoms with E-state index in [0.29, 0.717) is 19.0 Å². The molecule has 3 rings (SSSR count). The number of imidazole rings is 1. The van der Waals surface area contributed by atoms with Crippen LogP contribution >= 0.6 is 11.8 Å². The second-order valence-electron chi connectivity index (χ2n) is 6.94. The van der Waals surface area contributed by atoms with Gasteiger partial charge in [0.05, 0.1) is 5.52 Å². The first-order chi connectivity index (χ1) is 13.6. The highest BCUT2D eigenvalue weighted by atomic mass is 32.2. The molecule has 2 heterocycles. The minimum absolute atomic E-state index is 0.507. The van der Waals surface area contributed by atoms with Gasteiger partial charge >= 0.3 is 0 Å². The number of rotatable bonds is 10. The normalized spacial score (nSPS) is 11.4. The van der Waals surface area contributed by atoms with Gasteiger partial charge in [0.25, 0.3) is 0 Å². The van der Waals surface area contributed by atoms with E-state index in [0.717, 1.165) is 46.8 Å². The lowest BCUT2D eigenvalue weighted by Crippen LogP contribution is -2.07. The highest BCUT2D eigenvalue weighted by Gasteiger charge is 2.17. The maximum Gasteiger partial charge on any atom is 0.151 e. The molecular formula is C22H30N4OS. The molecule has 0 aliphatic rings. The number of hydrogen-bond donors (Lipinski definition) is 1. The summed E-state index contributed by atoms with van der Waals surface area (Å²) in [4.78, 5) is 10.5. The van der Waals surface area contributed by atoms with Crippen molar-refractivity contribution in [3.05, 3.63) is 47.4 Å². The Morgan fingerprint density at radius 2 is 1.86 bits per heavy atom. The van der Waals surface area contributed by atoms with E-state index in [9.17, 15) is 0 Å². The first-order valence-electron chi connectivity index (χ1n) is 9.99. The fraction of sp³-hybridized carbons (Fsp3) is 0.455. The maximum absolute atomic E-state index is 6.16. The van der Waals surface area contributed by atoms with Gasteiger partial charge < -0.3 is 15.0 Å². The lowest BCUT2D eigenvalue weighted by molar-refractivity contribution is 0.126. The van der Waals surface area contributed by atoms with Crippen molar-refractivity contribution in [1.29, 1.82) is 0 Å². The summed E-state index contributed by atoms with van der Waals surface area (Å²) >= 11 is 1.93. The van der Waals surface area contributed by atoms with E-state index in [-0.39, 0.29) is 0 Å². The summed E-state index contributed by atoms with van der Waals surface area (Å²) in [7, 11) is 0. The Bertz CT molecular complexity index is 908. The molecule has 150 valence electrons. The van der Waals surface area contributed by atoms with E-state index >= 15 is 0 Å². The molecular weight excluding hydrogens is 368 g/mol. The zero-order valence-corrected chi connectivity index (χ0v) is 17.9. The number of fused-ring (bicyclic) bond motifs is 1. The number of nitrogens with two attached hydrogens (primary N) is 1. The van der Waals surface area contributed by atoms with Gasteiger partial charge in [-0.2, -0.15) is 0 Å². The number of unbranched alkanes of at least 4 members (excludes halogenated alkanes) is 2. The minimum atomic E-state index is 0.507. The van der Waals surface area contributed by atoms with Gasteiger partial charge in [-0.05, 0) is 57.1 Å². The first kappa shape index (κ1) is 20.7. The molecule has 2 N–H and O–H groups in total. The number of ether oxygens (including phenoxy) is 1. The quantitative estimate of drug-likeness (QED) is 0.379. The third-order valence-corrected chi connectivity index (χ3v) is 6.05. The smallest absolute Gasteiger partial charge is 0.151 e. The van der Waals surface area contributed by atoms with E-state index in [1.54, 1.807) is 0 Å². The Balaban J connectivity index is 1.65. The summed E-state index contributed by atoms with van der Waals surface area (Å²) in [5, 5.41) is 0. The summed E-state index contributed by atoms with van der Waals surface area (Å²) in [6.07, 6.45) is 3.50. The van der Waals surface area contributed by atoms with E-state index in [2.05, 4.69) is 46.8 Å². The monoisotopic (exact) mass is 398 g/mol. The van der Waals surface area contributed by atoms with Crippen molar-refractivity contribution in [1.82, 2.24) is 14.5 Å². The molecule has 6 heteroatoms. The van der Waals surface area contributed by atoms with Crippen LogP contribution in [-0.4, -0.2) is 26.9 Å². The van der Waals surface area contributed by atoms with Gasteiger partial charge in [0.1, 0.15) is 17.9 Å². The predicted octanol–water partition coefficient (Wildman–Crippen LogP) is 5.13. The van der Waals surface area contributed by atoms with E-state index in [4.69, 9.17) is 15.5 Å². The van der Waals surface area contributed by atoms with Crippen LogP contribution in [0.2, 0.25) is 0 Å². The Morgan fingerprint density at radius 3 is 2.61 bits per heavy atom. The molecule has 5 nitrogen and oxygen atoms in total. The van der Waals surface area contributed by atoms with Crippen LogP contribution in [0, 0.1) is 13.8 Å². The number of thioether (sulfide) groups is 1. The number of benzene rings is 1. The van der Waals surface area contributed by atoms with E-state index in [1.165, 1.54) is 17.7 Å². The highest BCUT2D eigenvalue weighted by molar-refractivity contribution is 7.99. The Labute approximate surface area is 171 Å². The van der Waals surface area contributed by atoms with Crippen LogP contribution in [0.1, 0.15) is 43.3 Å². The Hall–Kier alpha value is -2.05. The van der Waals surface area contributed by atoms with Gasteiger partial charge in [-0.25, -0.2) is 9.97 Å². The number of anilines is 1. The fourth-order valence-corrected chi connectivity index (χ4v) is 4.28. The van der Waals surface area contributed by atoms with Crippen molar-refractivity contribution >= 4 is 28.6 Å². The summed E-state index contributed by atoms with van der Waals surface area (Å²) in [6, 6.07) is 10.6. The molecule has 0 bridgehead atoms. The van der Waals surface area contributed by atoms with Crippen LogP contribution in [0.4, 0.5) is 5.82 Å². The lowest BCUT2D eigenvalue weighted by Gasteiger charge is -2.12. The summed E-state index contributed by atoms with van der Waals surface area (Å²) in [5.41, 5.74) is 10.2. The summed E-state index contributed by atoms with van der Waals surface area (Å²) in [5.74, 6) is 2.60. The van der Waals surface area contributed by atoms with Gasteiger partial charge in [0.2, 0.25) is 0 Å². The molecule has 28 heavy (non-hydrogen) atoms. The molecule has 0 saturated carbocycles. The average molecular weight is 399 g/mol. The fourth-order valence-electron chi connectivity index (χ4n) is 3.35. The first-order valence-corrected chi connectivity index (χ1v) is 11.0. The molecule has 1 aromatic carbocycles. The number of aryl methyl sites for hydroxylation is 3. The van der Waals surface area contributed by atoms with Crippen LogP contribution in [-0.2, 0) is 17.9 Å². The number of aromatic nitrogens is 3. The maximum atomic E-state index is 6.16. The molecule has 0 spiro atoms. The molecule has 0 aliphatic carbocycles. The van der Waals surface area contributed by atoms with Crippen LogP contribution in [0.15, 0.2) is 35.2 Å². The zero-order valence-electron chi connectivity index (χ0n) is 17.1. The number of nitrogen functional groups attached to an aromatic ring is 1. The van der Waals surface area contributed by atoms with Crippen molar-refractivity contribution in [2.24, 2.45) is 0 Å². The lowest BCUT2D eigenvalue weighted by atomic mass is 10.2. The molecule has 0 saturated heterocycles. The van der Waals surface area contributed by atoms with E-state index in [1.807, 2.05) is 25.6 Å². The molecule has 0 amide bonds. The number of nitrogens with zero attached hydrogens (tertiary/aromatic N) is 3. The third kappa shape index (κ3) is 4.86. The number of hydrogen-bond acceptors (Lipinski definition) is 5. The van der Waals surface area contributed by atoms with Crippen molar-refractivity contribution in [2.45, 2.75) is 58.1 Å². The van der Waals surface area contributed by atoms with Crippen LogP contribution in [0.25, 0.3) is 11.0 Å².